The summed E-state index contributed by atoms with van der Waals surface area (Å²) in [6, 6.07) is 11.0. The molecule has 1 amide bonds. The number of hydrogen-bond donors (Lipinski definition) is 1. The second kappa shape index (κ2) is 18.1. The number of thioether (sulfide) groups is 1. The highest BCUT2D eigenvalue weighted by Crippen LogP contribution is 2.45. The van der Waals surface area contributed by atoms with Crippen LogP contribution in [-0.2, 0) is 26.0 Å². The Kier molecular flexibility index (Phi) is 14.2. The molecule has 5 rings (SSSR count). The Morgan fingerprint density at radius 2 is 1.88 bits per heavy atom. The van der Waals surface area contributed by atoms with Gasteiger partial charge in [0.05, 0.1) is 33.5 Å². The van der Waals surface area contributed by atoms with Crippen LogP contribution >= 0.6 is 35.1 Å². The number of carboxylic acid groups (broad SMARTS) is 1. The number of allylic oxidation sites excluding steroid dienone is 1. The number of carbonyl (C=O) groups is 2. The molecule has 0 radical (unpaired) electrons. The van der Waals surface area contributed by atoms with Crippen LogP contribution in [0.25, 0.3) is 23.3 Å². The van der Waals surface area contributed by atoms with E-state index in [0.717, 1.165) is 47.5 Å². The quantitative estimate of drug-likeness (QED) is 0.0742. The molecule has 0 aliphatic carbocycles. The molecule has 0 spiro atoms. The number of halogens is 3. The lowest BCUT2D eigenvalue weighted by Gasteiger charge is -2.16. The van der Waals surface area contributed by atoms with Gasteiger partial charge in [-0.1, -0.05) is 44.5 Å². The van der Waals surface area contributed by atoms with Crippen LogP contribution in [0.3, 0.4) is 0 Å². The Hall–Kier alpha value is -4.07. The number of benzene rings is 2. The van der Waals surface area contributed by atoms with Gasteiger partial charge >= 0.3 is 12.1 Å². The summed E-state index contributed by atoms with van der Waals surface area (Å²) in [5.74, 6) is -2.72. The smallest absolute Gasteiger partial charge is 0.430 e. The third kappa shape index (κ3) is 9.87. The molecule has 0 saturated heterocycles. The Labute approximate surface area is 308 Å². The summed E-state index contributed by atoms with van der Waals surface area (Å²) in [4.78, 5) is 40.2. The Balaban J connectivity index is 0.000000785. The van der Waals surface area contributed by atoms with Crippen molar-refractivity contribution in [1.82, 2.24) is 9.88 Å². The van der Waals surface area contributed by atoms with Gasteiger partial charge in [-0.3, -0.25) is 19.2 Å². The molecular weight excluding hydrogens is 746 g/mol. The van der Waals surface area contributed by atoms with E-state index < -0.39 is 18.2 Å². The van der Waals surface area contributed by atoms with E-state index in [1.807, 2.05) is 37.7 Å². The molecule has 18 heteroatoms. The van der Waals surface area contributed by atoms with Crippen LogP contribution in [0.4, 0.5) is 18.9 Å². The fourth-order valence-corrected chi connectivity index (χ4v) is 7.61. The summed E-state index contributed by atoms with van der Waals surface area (Å²) < 4.78 is 46.6. The van der Waals surface area contributed by atoms with Gasteiger partial charge in [-0.25, -0.2) is 0 Å². The highest BCUT2D eigenvalue weighted by molar-refractivity contribution is 8.03. The van der Waals surface area contributed by atoms with Crippen molar-refractivity contribution >= 4 is 76.0 Å². The zero-order chi connectivity index (χ0) is 38.2. The van der Waals surface area contributed by atoms with Gasteiger partial charge in [-0.05, 0) is 61.7 Å². The molecule has 2 aromatic heterocycles. The number of fused-ring (bicyclic) bond motifs is 2. The van der Waals surface area contributed by atoms with Gasteiger partial charge in [-0.2, -0.15) is 22.1 Å². The Morgan fingerprint density at radius 3 is 2.54 bits per heavy atom. The van der Waals surface area contributed by atoms with Crippen molar-refractivity contribution in [3.8, 4) is 0 Å². The van der Waals surface area contributed by atoms with Crippen molar-refractivity contribution in [3.63, 3.8) is 0 Å². The van der Waals surface area contributed by atoms with Crippen molar-refractivity contribution in [2.45, 2.75) is 68.5 Å². The lowest BCUT2D eigenvalue weighted by molar-refractivity contribution is -0.777. The molecule has 1 aliphatic rings. The van der Waals surface area contributed by atoms with Gasteiger partial charge in [-0.15, -0.1) is 11.3 Å². The number of oxazole rings is 1. The van der Waals surface area contributed by atoms with Gasteiger partial charge in [0, 0.05) is 29.4 Å². The maximum Gasteiger partial charge on any atom is 0.430 e. The first-order valence-electron chi connectivity index (χ1n) is 16.0. The van der Waals surface area contributed by atoms with Gasteiger partial charge in [0.1, 0.15) is 23.6 Å². The molecule has 1 aliphatic heterocycles. The number of aliphatic carboxylic acids is 1. The van der Waals surface area contributed by atoms with E-state index in [1.165, 1.54) is 21.8 Å². The van der Waals surface area contributed by atoms with Gasteiger partial charge in [0.2, 0.25) is 11.5 Å². The number of carbonyl (C=O) groups excluding carboxylic acids is 2. The standard InChI is InChI=1S/C32H36N4O6S3.C2HF3O2/c1-6-8-9-16-33-31(37)22(7-2)36-30(15-14-29-35(5)24-17-20(3)10-13-26(24)43-29)44-27(32(36)38)19-28-34(4)23-18-21(45-42-41-39)11-12-25(23)40-28;3-2(4,5)1(6)7/h10-15,17-19,22H,6-9,16H2,1-5H3,(H-,33,37,39);(H,6,7)/p-1. The van der Waals surface area contributed by atoms with Gasteiger partial charge < -0.3 is 29.8 Å². The van der Waals surface area contributed by atoms with E-state index in [9.17, 15) is 28.0 Å². The minimum atomic E-state index is -5.19. The predicted molar refractivity (Wildman–Crippen MR) is 188 cm³/mol. The molecule has 1 atom stereocenters. The minimum Gasteiger partial charge on any atom is -0.691 e. The lowest BCUT2D eigenvalue weighted by atomic mass is 10.2. The van der Waals surface area contributed by atoms with Gasteiger partial charge in [0.25, 0.3) is 11.1 Å². The molecule has 0 saturated carbocycles. The molecule has 1 unspecified atom stereocenters. The zero-order valence-electron chi connectivity index (χ0n) is 28.8. The van der Waals surface area contributed by atoms with Crippen LogP contribution in [0.15, 0.2) is 66.5 Å². The van der Waals surface area contributed by atoms with E-state index in [2.05, 4.69) is 51.6 Å². The number of unbranched alkanes of at least 4 members (excludes halogenated alkanes) is 2. The summed E-state index contributed by atoms with van der Waals surface area (Å²) >= 11 is 3.78. The molecule has 52 heavy (non-hydrogen) atoms. The Morgan fingerprint density at radius 1 is 1.15 bits per heavy atom. The number of nitrogens with zero attached hydrogens (tertiary/aromatic N) is 3. The minimum absolute atomic E-state index is 0.166. The second-order valence-electron chi connectivity index (χ2n) is 11.5. The third-order valence-electron chi connectivity index (χ3n) is 7.83. The van der Waals surface area contributed by atoms with Crippen molar-refractivity contribution in [2.24, 2.45) is 7.05 Å². The fraction of sp³-hybridized carbons (Fsp3) is 0.353. The highest BCUT2D eigenvalue weighted by atomic mass is 32.2. The number of aryl methyl sites for hydroxylation is 2. The molecule has 12 nitrogen and oxygen atoms in total. The van der Waals surface area contributed by atoms with E-state index in [4.69, 9.17) is 14.3 Å². The van der Waals surface area contributed by atoms with Crippen LogP contribution in [0, 0.1) is 6.92 Å². The van der Waals surface area contributed by atoms with Crippen LogP contribution in [-0.4, -0.2) is 36.2 Å². The number of hydrogen-bond acceptors (Lipinski definition) is 12. The van der Waals surface area contributed by atoms with Crippen LogP contribution in [0.2, 0.25) is 0 Å². The van der Waals surface area contributed by atoms with E-state index >= 15 is 0 Å². The fourth-order valence-electron chi connectivity index (χ4n) is 5.17. The number of alkyl halides is 3. The molecule has 1 N–H and O–H groups in total. The Bertz CT molecular complexity index is 2130. The summed E-state index contributed by atoms with van der Waals surface area (Å²) in [5, 5.41) is 26.6. The van der Waals surface area contributed by atoms with Crippen molar-refractivity contribution in [3.05, 3.63) is 78.5 Å². The normalized spacial score (nSPS) is 14.9. The number of rotatable bonds is 12. The van der Waals surface area contributed by atoms with E-state index in [1.54, 1.807) is 40.6 Å². The summed E-state index contributed by atoms with van der Waals surface area (Å²) in [7, 11) is 3.86. The third-order valence-corrected chi connectivity index (χ3v) is 10.6. The summed E-state index contributed by atoms with van der Waals surface area (Å²) in [6.07, 6.45) is 3.88. The highest BCUT2D eigenvalue weighted by Gasteiger charge is 2.29. The maximum atomic E-state index is 14.0. The van der Waals surface area contributed by atoms with Gasteiger partial charge in [0.15, 0.2) is 0 Å². The average molecular weight is 782 g/mol. The maximum absolute atomic E-state index is 14.0. The molecular formula is C34H36F3N4O8S3-. The van der Waals surface area contributed by atoms with Crippen molar-refractivity contribution in [2.75, 3.05) is 18.5 Å². The first-order valence-corrected chi connectivity index (χ1v) is 18.4. The summed E-state index contributed by atoms with van der Waals surface area (Å²) in [6.45, 7) is 6.69. The molecule has 0 fully saturated rings. The topological polar surface area (TPSA) is 153 Å². The second-order valence-corrected chi connectivity index (χ2v) is 14.4. The molecule has 4 aromatic rings. The average Bonchev–Trinajstić information content (AvgIpc) is 3.70. The summed E-state index contributed by atoms with van der Waals surface area (Å²) in [5.41, 5.74) is 3.40. The lowest BCUT2D eigenvalue weighted by Crippen LogP contribution is -2.42. The number of anilines is 1. The monoisotopic (exact) mass is 781 g/mol. The van der Waals surface area contributed by atoms with Crippen LogP contribution in [0.1, 0.15) is 57.0 Å². The SMILES string of the molecule is CCCCCNC(=O)C(CC)n1c(=CC=C2Sc3ccc(C)cc3N2C)sc(=Cc2oc3ccc(SOO[O-])cc3[n+]2C)c1=O.O=C([O-])C(F)(F)F. The van der Waals surface area contributed by atoms with Crippen LogP contribution in [0.5, 0.6) is 0 Å². The first kappa shape index (κ1) is 40.7. The molecule has 0 bridgehead atoms. The largest absolute Gasteiger partial charge is 0.691 e. The zero-order valence-corrected chi connectivity index (χ0v) is 31.2. The van der Waals surface area contributed by atoms with Crippen LogP contribution < -0.4 is 39.9 Å². The predicted octanol–water partition coefficient (Wildman–Crippen LogP) is 3.27. The van der Waals surface area contributed by atoms with E-state index in [0.29, 0.717) is 38.5 Å². The number of amides is 1. The molecule has 280 valence electrons. The van der Waals surface area contributed by atoms with E-state index in [-0.39, 0.29) is 11.5 Å². The van der Waals surface area contributed by atoms with Crippen molar-refractivity contribution < 1.29 is 51.5 Å². The number of carboxylic acids is 1. The number of nitrogens with one attached hydrogen (secondary N) is 1. The number of aromatic nitrogens is 2. The first-order chi connectivity index (χ1) is 24.7. The van der Waals surface area contributed by atoms with Crippen molar-refractivity contribution in [1.29, 1.82) is 0 Å². The number of thiazole rings is 1. The molecule has 3 heterocycles. The molecule has 2 aromatic carbocycles.